The fourth-order valence-corrected chi connectivity index (χ4v) is 4.02. The lowest BCUT2D eigenvalue weighted by atomic mass is 10.1. The van der Waals surface area contributed by atoms with Crippen molar-refractivity contribution in [1.82, 2.24) is 15.5 Å². The summed E-state index contributed by atoms with van der Waals surface area (Å²) in [6, 6.07) is 13.3. The van der Waals surface area contributed by atoms with Gasteiger partial charge in [-0.15, -0.1) is 0 Å². The smallest absolute Gasteiger partial charge is 0.293 e. The van der Waals surface area contributed by atoms with Crippen molar-refractivity contribution in [2.45, 2.75) is 19.9 Å². The van der Waals surface area contributed by atoms with E-state index in [-0.39, 0.29) is 28.9 Å². The van der Waals surface area contributed by atoms with Gasteiger partial charge in [-0.3, -0.25) is 24.1 Å². The second-order valence-corrected chi connectivity index (χ2v) is 8.61. The summed E-state index contributed by atoms with van der Waals surface area (Å²) in [4.78, 5) is 50.8. The molecule has 0 aromatic heterocycles. The van der Waals surface area contributed by atoms with Gasteiger partial charge in [0.05, 0.1) is 15.5 Å². The number of benzene rings is 2. The van der Waals surface area contributed by atoms with Crippen LogP contribution in [0.3, 0.4) is 0 Å². The molecule has 2 aromatic carbocycles. The maximum atomic E-state index is 12.6. The van der Waals surface area contributed by atoms with E-state index in [1.807, 2.05) is 31.2 Å². The third kappa shape index (κ3) is 5.77. The van der Waals surface area contributed by atoms with Gasteiger partial charge in [0, 0.05) is 13.1 Å². The minimum absolute atomic E-state index is 0.0345. The van der Waals surface area contributed by atoms with Crippen LogP contribution in [0.5, 0.6) is 0 Å². The molecule has 4 amide bonds. The summed E-state index contributed by atoms with van der Waals surface area (Å²) in [5.74, 6) is -1.30. The monoisotopic (exact) mass is 471 g/mol. The molecule has 7 nitrogen and oxygen atoms in total. The second-order valence-electron chi connectivity index (χ2n) is 7.21. The number of aryl methyl sites for hydroxylation is 1. The molecule has 2 aromatic rings. The van der Waals surface area contributed by atoms with Crippen LogP contribution in [0.15, 0.2) is 53.4 Å². The molecule has 0 spiro atoms. The standard InChI is InChI=1S/C23H22ClN3O4S/c1-14-7-9-16(10-8-14)13-19-22(30)27(23(31)32-19)12-11-25-20(28)15(2)26-21(29)17-5-3-4-6-18(17)24/h3-10,13,15H,11-12H2,1-2H3,(H,25,28)(H,26,29)/b19-13+/t15-/m0/s1. The molecule has 0 radical (unpaired) electrons. The molecule has 2 N–H and O–H groups in total. The molecule has 0 bridgehead atoms. The van der Waals surface area contributed by atoms with Gasteiger partial charge in [-0.05, 0) is 49.4 Å². The Morgan fingerprint density at radius 2 is 1.81 bits per heavy atom. The van der Waals surface area contributed by atoms with Crippen molar-refractivity contribution in [3.8, 4) is 0 Å². The SMILES string of the molecule is Cc1ccc(/C=C2/SC(=O)N(CCNC(=O)[C@H](C)NC(=O)c3ccccc3Cl)C2=O)cc1. The quantitative estimate of drug-likeness (QED) is 0.601. The van der Waals surface area contributed by atoms with Crippen molar-refractivity contribution in [2.24, 2.45) is 0 Å². The third-order valence-electron chi connectivity index (χ3n) is 4.74. The predicted molar refractivity (Wildman–Crippen MR) is 125 cm³/mol. The van der Waals surface area contributed by atoms with E-state index in [9.17, 15) is 19.2 Å². The first-order chi connectivity index (χ1) is 15.3. The molecule has 9 heteroatoms. The normalized spacial score (nSPS) is 15.7. The van der Waals surface area contributed by atoms with Crippen molar-refractivity contribution in [2.75, 3.05) is 13.1 Å². The first-order valence-corrected chi connectivity index (χ1v) is 11.1. The van der Waals surface area contributed by atoms with Crippen LogP contribution in [0.25, 0.3) is 6.08 Å². The fraction of sp³-hybridized carbons (Fsp3) is 0.217. The van der Waals surface area contributed by atoms with Crippen LogP contribution in [-0.4, -0.2) is 47.0 Å². The molecule has 1 atom stereocenters. The van der Waals surface area contributed by atoms with Gasteiger partial charge in [-0.25, -0.2) is 0 Å². The Balaban J connectivity index is 1.51. The molecule has 0 unspecified atom stereocenters. The number of nitrogens with one attached hydrogen (secondary N) is 2. The number of hydrogen-bond acceptors (Lipinski definition) is 5. The average molecular weight is 472 g/mol. The summed E-state index contributed by atoms with van der Waals surface area (Å²) in [6.45, 7) is 3.61. The summed E-state index contributed by atoms with van der Waals surface area (Å²) in [5.41, 5.74) is 2.20. The highest BCUT2D eigenvalue weighted by Crippen LogP contribution is 2.31. The van der Waals surface area contributed by atoms with Crippen LogP contribution in [0, 0.1) is 6.92 Å². The summed E-state index contributed by atoms with van der Waals surface area (Å²) < 4.78 is 0. The van der Waals surface area contributed by atoms with Crippen LogP contribution >= 0.6 is 23.4 Å². The van der Waals surface area contributed by atoms with Crippen molar-refractivity contribution >= 4 is 52.4 Å². The molecule has 1 saturated heterocycles. The number of thioether (sulfide) groups is 1. The molecule has 1 aliphatic rings. The zero-order valence-electron chi connectivity index (χ0n) is 17.6. The number of hydrogen-bond donors (Lipinski definition) is 2. The average Bonchev–Trinajstić information content (AvgIpc) is 3.02. The zero-order chi connectivity index (χ0) is 23.3. The van der Waals surface area contributed by atoms with E-state index in [1.165, 1.54) is 6.92 Å². The number of carbonyl (C=O) groups excluding carboxylic acids is 4. The lowest BCUT2D eigenvalue weighted by molar-refractivity contribution is -0.124. The van der Waals surface area contributed by atoms with Crippen LogP contribution in [0.2, 0.25) is 5.02 Å². The van der Waals surface area contributed by atoms with Crippen LogP contribution in [0.1, 0.15) is 28.4 Å². The van der Waals surface area contributed by atoms with E-state index in [4.69, 9.17) is 11.6 Å². The number of amides is 4. The predicted octanol–water partition coefficient (Wildman–Crippen LogP) is 3.62. The van der Waals surface area contributed by atoms with Crippen LogP contribution in [0.4, 0.5) is 4.79 Å². The van der Waals surface area contributed by atoms with Gasteiger partial charge < -0.3 is 10.6 Å². The van der Waals surface area contributed by atoms with Gasteiger partial charge in [0.1, 0.15) is 6.04 Å². The van der Waals surface area contributed by atoms with Crippen molar-refractivity contribution < 1.29 is 19.2 Å². The Hall–Kier alpha value is -3.10. The molecule has 0 saturated carbocycles. The van der Waals surface area contributed by atoms with E-state index in [0.29, 0.717) is 4.91 Å². The zero-order valence-corrected chi connectivity index (χ0v) is 19.1. The minimum Gasteiger partial charge on any atom is -0.353 e. The van der Waals surface area contributed by atoms with E-state index in [1.54, 1.807) is 30.3 Å². The van der Waals surface area contributed by atoms with E-state index in [0.717, 1.165) is 27.8 Å². The minimum atomic E-state index is -0.824. The molecule has 1 aliphatic heterocycles. The van der Waals surface area contributed by atoms with Crippen LogP contribution < -0.4 is 10.6 Å². The Morgan fingerprint density at radius 1 is 1.12 bits per heavy atom. The molecular weight excluding hydrogens is 450 g/mol. The Bertz CT molecular complexity index is 1080. The van der Waals surface area contributed by atoms with Crippen LogP contribution in [-0.2, 0) is 9.59 Å². The molecule has 3 rings (SSSR count). The Labute approximate surface area is 195 Å². The maximum absolute atomic E-state index is 12.6. The highest BCUT2D eigenvalue weighted by Gasteiger charge is 2.34. The van der Waals surface area contributed by atoms with E-state index < -0.39 is 23.8 Å². The van der Waals surface area contributed by atoms with E-state index in [2.05, 4.69) is 10.6 Å². The van der Waals surface area contributed by atoms with Gasteiger partial charge in [0.15, 0.2) is 0 Å². The number of imide groups is 1. The topological polar surface area (TPSA) is 95.6 Å². The van der Waals surface area contributed by atoms with Gasteiger partial charge in [-0.2, -0.15) is 0 Å². The van der Waals surface area contributed by atoms with Gasteiger partial charge in [-0.1, -0.05) is 53.6 Å². The fourth-order valence-electron chi connectivity index (χ4n) is 2.94. The second kappa shape index (κ2) is 10.5. The molecule has 166 valence electrons. The highest BCUT2D eigenvalue weighted by molar-refractivity contribution is 8.18. The summed E-state index contributed by atoms with van der Waals surface area (Å²) >= 11 is 6.87. The molecule has 0 aliphatic carbocycles. The molecule has 1 heterocycles. The molecule has 32 heavy (non-hydrogen) atoms. The first kappa shape index (κ1) is 23.6. The number of carbonyl (C=O) groups is 4. The van der Waals surface area contributed by atoms with Gasteiger partial charge in [0.2, 0.25) is 5.91 Å². The number of halogens is 1. The lowest BCUT2D eigenvalue weighted by Crippen LogP contribution is -2.47. The summed E-state index contributed by atoms with van der Waals surface area (Å²) in [5, 5.41) is 5.11. The summed E-state index contributed by atoms with van der Waals surface area (Å²) in [6.07, 6.45) is 1.68. The maximum Gasteiger partial charge on any atom is 0.293 e. The first-order valence-electron chi connectivity index (χ1n) is 9.91. The molecular formula is C23H22ClN3O4S. The van der Waals surface area contributed by atoms with Gasteiger partial charge >= 0.3 is 0 Å². The molecule has 1 fully saturated rings. The highest BCUT2D eigenvalue weighted by atomic mass is 35.5. The van der Waals surface area contributed by atoms with Crippen molar-refractivity contribution in [3.63, 3.8) is 0 Å². The van der Waals surface area contributed by atoms with Crippen molar-refractivity contribution in [1.29, 1.82) is 0 Å². The lowest BCUT2D eigenvalue weighted by Gasteiger charge is -2.16. The van der Waals surface area contributed by atoms with Crippen molar-refractivity contribution in [3.05, 3.63) is 75.1 Å². The Morgan fingerprint density at radius 3 is 2.50 bits per heavy atom. The summed E-state index contributed by atoms with van der Waals surface area (Å²) in [7, 11) is 0. The Kier molecular flexibility index (Phi) is 7.71. The van der Waals surface area contributed by atoms with Gasteiger partial charge in [0.25, 0.3) is 17.1 Å². The van der Waals surface area contributed by atoms with E-state index >= 15 is 0 Å². The third-order valence-corrected chi connectivity index (χ3v) is 5.98. The largest absolute Gasteiger partial charge is 0.353 e. The number of rotatable bonds is 7. The number of nitrogens with zero attached hydrogens (tertiary/aromatic N) is 1.